The van der Waals surface area contributed by atoms with Crippen LogP contribution >= 0.6 is 11.3 Å². The maximum atomic E-state index is 12.2. The number of amides is 1. The fourth-order valence-corrected chi connectivity index (χ4v) is 3.29. The quantitative estimate of drug-likeness (QED) is 0.856. The molecule has 0 aromatic carbocycles. The Morgan fingerprint density at radius 2 is 2.24 bits per heavy atom. The Bertz CT molecular complexity index is 640. The van der Waals surface area contributed by atoms with E-state index in [0.717, 1.165) is 22.3 Å². The van der Waals surface area contributed by atoms with Gasteiger partial charge < -0.3 is 10.4 Å². The Kier molecular flexibility index (Phi) is 4.62. The molecular formula is C14H19N3O3S. The third kappa shape index (κ3) is 3.41. The highest BCUT2D eigenvalue weighted by molar-refractivity contribution is 7.20. The monoisotopic (exact) mass is 309 g/mol. The van der Waals surface area contributed by atoms with Crippen LogP contribution < -0.4 is 5.32 Å². The number of carbonyl (C=O) groups excluding carboxylic acids is 1. The van der Waals surface area contributed by atoms with Gasteiger partial charge in [-0.1, -0.05) is 13.3 Å². The Hall–Kier alpha value is -1.89. The van der Waals surface area contributed by atoms with Crippen LogP contribution in [0.5, 0.6) is 0 Å². The molecule has 7 heteroatoms. The van der Waals surface area contributed by atoms with E-state index in [0.29, 0.717) is 11.4 Å². The molecule has 2 rings (SSSR count). The van der Waals surface area contributed by atoms with Gasteiger partial charge in [0.05, 0.1) is 10.6 Å². The van der Waals surface area contributed by atoms with Crippen molar-refractivity contribution >= 4 is 33.4 Å². The van der Waals surface area contributed by atoms with E-state index in [-0.39, 0.29) is 18.2 Å². The van der Waals surface area contributed by atoms with Gasteiger partial charge in [-0.25, -0.2) is 0 Å². The number of aromatic nitrogens is 2. The summed E-state index contributed by atoms with van der Waals surface area (Å²) in [6.45, 7) is 4.22. The van der Waals surface area contributed by atoms with E-state index in [1.54, 1.807) is 4.68 Å². The van der Waals surface area contributed by atoms with Crippen molar-refractivity contribution in [3.05, 3.63) is 16.6 Å². The van der Waals surface area contributed by atoms with Gasteiger partial charge in [-0.2, -0.15) is 5.10 Å². The largest absolute Gasteiger partial charge is 0.481 e. The van der Waals surface area contributed by atoms with Crippen molar-refractivity contribution in [2.75, 3.05) is 6.54 Å². The molecule has 0 aliphatic carbocycles. The van der Waals surface area contributed by atoms with Crippen LogP contribution in [0.1, 0.15) is 35.1 Å². The van der Waals surface area contributed by atoms with Crippen molar-refractivity contribution in [3.8, 4) is 0 Å². The first kappa shape index (κ1) is 15.5. The summed E-state index contributed by atoms with van der Waals surface area (Å²) < 4.78 is 1.77. The van der Waals surface area contributed by atoms with Gasteiger partial charge in [-0.15, -0.1) is 11.3 Å². The van der Waals surface area contributed by atoms with Crippen molar-refractivity contribution < 1.29 is 14.7 Å². The van der Waals surface area contributed by atoms with Gasteiger partial charge in [0, 0.05) is 25.4 Å². The molecule has 0 radical (unpaired) electrons. The summed E-state index contributed by atoms with van der Waals surface area (Å²) in [5.41, 5.74) is 0.903. The molecule has 6 nitrogen and oxygen atoms in total. The molecule has 114 valence electrons. The molecule has 2 N–H and O–H groups in total. The minimum atomic E-state index is -0.834. The number of aryl methyl sites for hydroxylation is 2. The molecule has 1 atom stereocenters. The second-order valence-corrected chi connectivity index (χ2v) is 6.15. The fourth-order valence-electron chi connectivity index (χ4n) is 2.25. The van der Waals surface area contributed by atoms with E-state index in [1.807, 2.05) is 27.0 Å². The lowest BCUT2D eigenvalue weighted by Gasteiger charge is -2.12. The molecule has 0 fully saturated rings. The molecule has 0 aliphatic rings. The van der Waals surface area contributed by atoms with Gasteiger partial charge in [0.2, 0.25) is 0 Å². The molecule has 0 spiro atoms. The van der Waals surface area contributed by atoms with Gasteiger partial charge in [0.25, 0.3) is 5.91 Å². The average Bonchev–Trinajstić information content (AvgIpc) is 2.96. The highest BCUT2D eigenvalue weighted by Gasteiger charge is 2.17. The summed E-state index contributed by atoms with van der Waals surface area (Å²) in [4.78, 5) is 24.5. The Balaban J connectivity index is 2.05. The molecule has 1 amide bonds. The first-order valence-corrected chi connectivity index (χ1v) is 7.67. The number of thiophene rings is 1. The number of carbonyl (C=O) groups is 2. The summed E-state index contributed by atoms with van der Waals surface area (Å²) in [6, 6.07) is 1.84. The number of rotatable bonds is 6. The Morgan fingerprint density at radius 1 is 1.52 bits per heavy atom. The summed E-state index contributed by atoms with van der Waals surface area (Å²) in [5, 5.41) is 16.9. The van der Waals surface area contributed by atoms with Crippen molar-refractivity contribution in [1.29, 1.82) is 0 Å². The summed E-state index contributed by atoms with van der Waals surface area (Å²) in [6.07, 6.45) is 0.800. The zero-order valence-corrected chi connectivity index (χ0v) is 13.2. The Morgan fingerprint density at radius 3 is 2.81 bits per heavy atom. The van der Waals surface area contributed by atoms with E-state index in [1.165, 1.54) is 11.3 Å². The van der Waals surface area contributed by atoms with Crippen LogP contribution in [0.4, 0.5) is 0 Å². The van der Waals surface area contributed by atoms with Crippen LogP contribution in [0.25, 0.3) is 10.2 Å². The topological polar surface area (TPSA) is 84.2 Å². The van der Waals surface area contributed by atoms with Gasteiger partial charge >= 0.3 is 5.97 Å². The summed E-state index contributed by atoms with van der Waals surface area (Å²) in [5.74, 6) is -1.02. The second kappa shape index (κ2) is 6.26. The molecule has 2 heterocycles. The molecule has 0 bridgehead atoms. The van der Waals surface area contributed by atoms with Crippen molar-refractivity contribution in [2.24, 2.45) is 13.0 Å². The van der Waals surface area contributed by atoms with Crippen LogP contribution in [0, 0.1) is 12.8 Å². The smallest absolute Gasteiger partial charge is 0.303 e. The van der Waals surface area contributed by atoms with Crippen LogP contribution in [-0.4, -0.2) is 33.3 Å². The van der Waals surface area contributed by atoms with Gasteiger partial charge in [0.15, 0.2) is 0 Å². The van der Waals surface area contributed by atoms with E-state index in [9.17, 15) is 9.59 Å². The van der Waals surface area contributed by atoms with E-state index in [4.69, 9.17) is 5.11 Å². The minimum Gasteiger partial charge on any atom is -0.481 e. The first-order chi connectivity index (χ1) is 9.92. The molecule has 0 saturated heterocycles. The van der Waals surface area contributed by atoms with E-state index >= 15 is 0 Å². The van der Waals surface area contributed by atoms with Crippen LogP contribution in [-0.2, 0) is 11.8 Å². The minimum absolute atomic E-state index is 0.0377. The van der Waals surface area contributed by atoms with Crippen molar-refractivity contribution in [2.45, 2.75) is 26.7 Å². The number of nitrogens with zero attached hydrogens (tertiary/aromatic N) is 2. The molecule has 0 aliphatic heterocycles. The zero-order chi connectivity index (χ0) is 15.6. The van der Waals surface area contributed by atoms with Gasteiger partial charge in [-0.3, -0.25) is 14.3 Å². The van der Waals surface area contributed by atoms with Gasteiger partial charge in [0.1, 0.15) is 4.83 Å². The first-order valence-electron chi connectivity index (χ1n) is 6.85. The van der Waals surface area contributed by atoms with Crippen LogP contribution in [0.15, 0.2) is 6.07 Å². The zero-order valence-electron chi connectivity index (χ0n) is 12.3. The maximum absolute atomic E-state index is 12.2. The van der Waals surface area contributed by atoms with E-state index < -0.39 is 5.97 Å². The van der Waals surface area contributed by atoms with Gasteiger partial charge in [-0.05, 0) is 18.9 Å². The molecule has 2 aromatic heterocycles. The van der Waals surface area contributed by atoms with E-state index in [2.05, 4.69) is 10.4 Å². The molecular weight excluding hydrogens is 290 g/mol. The number of aliphatic carboxylic acids is 1. The summed E-state index contributed by atoms with van der Waals surface area (Å²) >= 11 is 1.40. The number of nitrogens with one attached hydrogen (secondary N) is 1. The number of carboxylic acids is 1. The fraction of sp³-hybridized carbons (Fsp3) is 0.500. The predicted octanol–water partition coefficient (Wildman–Crippen LogP) is 2.17. The molecule has 2 aromatic rings. The molecule has 0 saturated carbocycles. The molecule has 1 unspecified atom stereocenters. The maximum Gasteiger partial charge on any atom is 0.303 e. The second-order valence-electron chi connectivity index (χ2n) is 5.12. The lowest BCUT2D eigenvalue weighted by Crippen LogP contribution is -2.29. The number of hydrogen-bond acceptors (Lipinski definition) is 4. The number of carboxylic acid groups (broad SMARTS) is 1. The number of hydrogen-bond donors (Lipinski definition) is 2. The lowest BCUT2D eigenvalue weighted by molar-refractivity contribution is -0.138. The van der Waals surface area contributed by atoms with Crippen molar-refractivity contribution in [3.63, 3.8) is 0 Å². The van der Waals surface area contributed by atoms with Crippen LogP contribution in [0.3, 0.4) is 0 Å². The summed E-state index contributed by atoms with van der Waals surface area (Å²) in [7, 11) is 1.85. The molecule has 21 heavy (non-hydrogen) atoms. The SMILES string of the molecule is CCC(CNC(=O)c1cc2c(C)nn(C)c2s1)CC(=O)O. The van der Waals surface area contributed by atoms with Crippen LogP contribution in [0.2, 0.25) is 0 Å². The highest BCUT2D eigenvalue weighted by atomic mass is 32.1. The normalized spacial score (nSPS) is 12.5. The third-order valence-corrected chi connectivity index (χ3v) is 4.71. The standard InChI is InChI=1S/C14H19N3O3S/c1-4-9(5-12(18)19)7-15-13(20)11-6-10-8(2)16-17(3)14(10)21-11/h6,9H,4-5,7H2,1-3H3,(H,15,20)(H,18,19). The number of fused-ring (bicyclic) bond motifs is 1. The Labute approximate surface area is 126 Å². The lowest BCUT2D eigenvalue weighted by atomic mass is 10.0. The third-order valence-electron chi connectivity index (χ3n) is 3.51. The average molecular weight is 309 g/mol. The predicted molar refractivity (Wildman–Crippen MR) is 81.7 cm³/mol. The van der Waals surface area contributed by atoms with Crippen molar-refractivity contribution in [1.82, 2.24) is 15.1 Å². The highest BCUT2D eigenvalue weighted by Crippen LogP contribution is 2.27.